The SMILES string of the molecule is CCC(C)CCOc1cc(C)ccc1OCCNC. The van der Waals surface area contributed by atoms with E-state index in [-0.39, 0.29) is 0 Å². The average Bonchev–Trinajstić information content (AvgIpc) is 2.41. The summed E-state index contributed by atoms with van der Waals surface area (Å²) in [4.78, 5) is 0. The van der Waals surface area contributed by atoms with Crippen molar-refractivity contribution in [3.63, 3.8) is 0 Å². The molecule has 0 aliphatic carbocycles. The highest BCUT2D eigenvalue weighted by molar-refractivity contribution is 5.42. The van der Waals surface area contributed by atoms with Crippen molar-refractivity contribution in [3.05, 3.63) is 23.8 Å². The van der Waals surface area contributed by atoms with E-state index in [0.29, 0.717) is 12.5 Å². The highest BCUT2D eigenvalue weighted by Crippen LogP contribution is 2.28. The summed E-state index contributed by atoms with van der Waals surface area (Å²) in [6, 6.07) is 6.09. The van der Waals surface area contributed by atoms with Gasteiger partial charge in [-0.05, 0) is 44.0 Å². The molecule has 0 bridgehead atoms. The van der Waals surface area contributed by atoms with Gasteiger partial charge in [-0.15, -0.1) is 0 Å². The predicted molar refractivity (Wildman–Crippen MR) is 80.2 cm³/mol. The lowest BCUT2D eigenvalue weighted by Gasteiger charge is -2.15. The van der Waals surface area contributed by atoms with Gasteiger partial charge in [0.2, 0.25) is 0 Å². The molecule has 0 saturated heterocycles. The molecule has 0 aliphatic heterocycles. The zero-order valence-corrected chi connectivity index (χ0v) is 12.7. The Labute approximate surface area is 117 Å². The van der Waals surface area contributed by atoms with Crippen LogP contribution >= 0.6 is 0 Å². The standard InChI is InChI=1S/C16H27NO2/c1-5-13(2)8-10-18-16-12-14(3)6-7-15(16)19-11-9-17-4/h6-7,12-13,17H,5,8-11H2,1-4H3. The maximum Gasteiger partial charge on any atom is 0.161 e. The van der Waals surface area contributed by atoms with Gasteiger partial charge >= 0.3 is 0 Å². The molecule has 0 spiro atoms. The van der Waals surface area contributed by atoms with Gasteiger partial charge in [0.15, 0.2) is 11.5 Å². The third-order valence-corrected chi connectivity index (χ3v) is 3.27. The Morgan fingerprint density at radius 3 is 2.58 bits per heavy atom. The van der Waals surface area contributed by atoms with Gasteiger partial charge in [0.25, 0.3) is 0 Å². The van der Waals surface area contributed by atoms with Gasteiger partial charge in [0, 0.05) is 6.54 Å². The molecule has 1 rings (SSSR count). The molecule has 0 aliphatic rings. The lowest BCUT2D eigenvalue weighted by atomic mass is 10.1. The van der Waals surface area contributed by atoms with Crippen LogP contribution in [-0.2, 0) is 0 Å². The minimum Gasteiger partial charge on any atom is -0.490 e. The lowest BCUT2D eigenvalue weighted by molar-refractivity contribution is 0.252. The Morgan fingerprint density at radius 1 is 1.16 bits per heavy atom. The quantitative estimate of drug-likeness (QED) is 0.694. The summed E-state index contributed by atoms with van der Waals surface area (Å²) in [7, 11) is 1.92. The highest BCUT2D eigenvalue weighted by Gasteiger charge is 2.06. The van der Waals surface area contributed by atoms with E-state index >= 15 is 0 Å². The summed E-state index contributed by atoms with van der Waals surface area (Å²) in [6.45, 7) is 8.77. The second kappa shape index (κ2) is 8.81. The third-order valence-electron chi connectivity index (χ3n) is 3.27. The number of hydrogen-bond acceptors (Lipinski definition) is 3. The molecular formula is C16H27NO2. The fourth-order valence-corrected chi connectivity index (χ4v) is 1.68. The zero-order valence-electron chi connectivity index (χ0n) is 12.7. The van der Waals surface area contributed by atoms with Crippen LogP contribution < -0.4 is 14.8 Å². The first-order chi connectivity index (χ1) is 9.17. The molecule has 0 saturated carbocycles. The predicted octanol–water partition coefficient (Wildman–Crippen LogP) is 3.41. The van der Waals surface area contributed by atoms with Gasteiger partial charge in [-0.1, -0.05) is 26.3 Å². The van der Waals surface area contributed by atoms with E-state index in [1.165, 1.54) is 12.0 Å². The first kappa shape index (κ1) is 15.8. The van der Waals surface area contributed by atoms with E-state index in [9.17, 15) is 0 Å². The normalized spacial score (nSPS) is 12.2. The van der Waals surface area contributed by atoms with Crippen LogP contribution in [0.1, 0.15) is 32.3 Å². The zero-order chi connectivity index (χ0) is 14.1. The molecule has 0 aromatic heterocycles. The number of likely N-dealkylation sites (N-methyl/N-ethyl adjacent to an activating group) is 1. The molecule has 1 unspecified atom stereocenters. The van der Waals surface area contributed by atoms with Gasteiger partial charge < -0.3 is 14.8 Å². The summed E-state index contributed by atoms with van der Waals surface area (Å²) in [6.07, 6.45) is 2.28. The maximum absolute atomic E-state index is 5.88. The highest BCUT2D eigenvalue weighted by atomic mass is 16.5. The monoisotopic (exact) mass is 265 g/mol. The van der Waals surface area contributed by atoms with Crippen molar-refractivity contribution >= 4 is 0 Å². The van der Waals surface area contributed by atoms with Crippen molar-refractivity contribution in [2.75, 3.05) is 26.8 Å². The van der Waals surface area contributed by atoms with Crippen LogP contribution in [0.25, 0.3) is 0 Å². The lowest BCUT2D eigenvalue weighted by Crippen LogP contribution is -2.16. The molecule has 0 fully saturated rings. The molecule has 19 heavy (non-hydrogen) atoms. The molecule has 0 radical (unpaired) electrons. The summed E-state index contributed by atoms with van der Waals surface area (Å²) in [5, 5.41) is 3.07. The molecule has 1 atom stereocenters. The van der Waals surface area contributed by atoms with Crippen LogP contribution in [0, 0.1) is 12.8 Å². The molecular weight excluding hydrogens is 238 g/mol. The number of aryl methyl sites for hydroxylation is 1. The summed E-state index contributed by atoms with van der Waals surface area (Å²) in [5.41, 5.74) is 1.19. The van der Waals surface area contributed by atoms with Crippen molar-refractivity contribution < 1.29 is 9.47 Å². The Kier molecular flexibility index (Phi) is 7.34. The number of benzene rings is 1. The summed E-state index contributed by atoms with van der Waals surface area (Å²) < 4.78 is 11.6. The molecule has 0 amide bonds. The van der Waals surface area contributed by atoms with E-state index in [1.54, 1.807) is 0 Å². The summed E-state index contributed by atoms with van der Waals surface area (Å²) >= 11 is 0. The van der Waals surface area contributed by atoms with Crippen LogP contribution in [0.2, 0.25) is 0 Å². The van der Waals surface area contributed by atoms with Gasteiger partial charge in [-0.25, -0.2) is 0 Å². The Hall–Kier alpha value is -1.22. The first-order valence-corrected chi connectivity index (χ1v) is 7.18. The molecule has 108 valence electrons. The van der Waals surface area contributed by atoms with Crippen molar-refractivity contribution in [2.45, 2.75) is 33.6 Å². The molecule has 3 nitrogen and oxygen atoms in total. The number of ether oxygens (including phenoxy) is 2. The van der Waals surface area contributed by atoms with E-state index < -0.39 is 0 Å². The van der Waals surface area contributed by atoms with Crippen LogP contribution in [0.15, 0.2) is 18.2 Å². The van der Waals surface area contributed by atoms with E-state index in [0.717, 1.165) is 31.1 Å². The Morgan fingerprint density at radius 2 is 1.89 bits per heavy atom. The summed E-state index contributed by atoms with van der Waals surface area (Å²) in [5.74, 6) is 2.41. The molecule has 1 aromatic carbocycles. The molecule has 0 heterocycles. The molecule has 1 N–H and O–H groups in total. The van der Waals surface area contributed by atoms with Gasteiger partial charge in [0.1, 0.15) is 6.61 Å². The van der Waals surface area contributed by atoms with Crippen LogP contribution in [0.4, 0.5) is 0 Å². The van der Waals surface area contributed by atoms with Crippen molar-refractivity contribution in [1.82, 2.24) is 5.32 Å². The maximum atomic E-state index is 5.88. The van der Waals surface area contributed by atoms with Crippen molar-refractivity contribution in [1.29, 1.82) is 0 Å². The fraction of sp³-hybridized carbons (Fsp3) is 0.625. The molecule has 3 heteroatoms. The van der Waals surface area contributed by atoms with Crippen LogP contribution in [0.5, 0.6) is 11.5 Å². The van der Waals surface area contributed by atoms with Crippen LogP contribution in [0.3, 0.4) is 0 Å². The van der Waals surface area contributed by atoms with Gasteiger partial charge in [0.05, 0.1) is 6.61 Å². The van der Waals surface area contributed by atoms with Crippen molar-refractivity contribution in [3.8, 4) is 11.5 Å². The van der Waals surface area contributed by atoms with E-state index in [2.05, 4.69) is 32.2 Å². The first-order valence-electron chi connectivity index (χ1n) is 7.18. The molecule has 1 aromatic rings. The van der Waals surface area contributed by atoms with Crippen LogP contribution in [-0.4, -0.2) is 26.8 Å². The fourth-order valence-electron chi connectivity index (χ4n) is 1.68. The third kappa shape index (κ3) is 5.97. The van der Waals surface area contributed by atoms with Gasteiger partial charge in [-0.2, -0.15) is 0 Å². The topological polar surface area (TPSA) is 30.5 Å². The average molecular weight is 265 g/mol. The number of hydrogen-bond donors (Lipinski definition) is 1. The van der Waals surface area contributed by atoms with E-state index in [1.807, 2.05) is 19.2 Å². The second-order valence-corrected chi connectivity index (χ2v) is 5.05. The minimum atomic E-state index is 0.654. The Balaban J connectivity index is 2.55. The number of nitrogens with one attached hydrogen (secondary N) is 1. The van der Waals surface area contributed by atoms with Crippen molar-refractivity contribution in [2.24, 2.45) is 5.92 Å². The Bertz CT molecular complexity index is 366. The second-order valence-electron chi connectivity index (χ2n) is 5.05. The number of rotatable bonds is 9. The smallest absolute Gasteiger partial charge is 0.161 e. The van der Waals surface area contributed by atoms with Gasteiger partial charge in [-0.3, -0.25) is 0 Å². The largest absolute Gasteiger partial charge is 0.490 e. The van der Waals surface area contributed by atoms with E-state index in [4.69, 9.17) is 9.47 Å². The minimum absolute atomic E-state index is 0.654.